The van der Waals surface area contributed by atoms with Crippen molar-refractivity contribution < 1.29 is 23.0 Å². The van der Waals surface area contributed by atoms with E-state index in [0.717, 1.165) is 56.3 Å². The number of anilines is 3. The molecule has 2 fully saturated rings. The number of alkyl halides is 1. The van der Waals surface area contributed by atoms with Crippen molar-refractivity contribution in [3.63, 3.8) is 0 Å². The highest BCUT2D eigenvalue weighted by Gasteiger charge is 2.24. The Morgan fingerprint density at radius 1 is 1.09 bits per heavy atom. The largest absolute Gasteiger partial charge is 0.475 e. The zero-order valence-corrected chi connectivity index (χ0v) is 19.2. The highest BCUT2D eigenvalue weighted by molar-refractivity contribution is 5.59. The van der Waals surface area contributed by atoms with E-state index in [1.54, 1.807) is 0 Å². The first-order valence-electron chi connectivity index (χ1n) is 11.6. The summed E-state index contributed by atoms with van der Waals surface area (Å²) in [6, 6.07) is 7.98. The summed E-state index contributed by atoms with van der Waals surface area (Å²) in [5.74, 6) is -0.121. The Bertz CT molecular complexity index is 884. The number of hydrogen-bond acceptors (Lipinski definition) is 7. The maximum absolute atomic E-state index is 14.2. The molecule has 1 N–H and O–H groups in total. The van der Waals surface area contributed by atoms with E-state index < -0.39 is 12.7 Å². The lowest BCUT2D eigenvalue weighted by molar-refractivity contribution is -0.0314. The molecule has 0 spiro atoms. The summed E-state index contributed by atoms with van der Waals surface area (Å²) in [6.07, 6.45) is 4.75. The van der Waals surface area contributed by atoms with Gasteiger partial charge in [0.2, 0.25) is 11.8 Å². The van der Waals surface area contributed by atoms with Gasteiger partial charge in [-0.2, -0.15) is 9.37 Å². The molecule has 0 bridgehead atoms. The second-order valence-corrected chi connectivity index (χ2v) is 8.91. The first-order valence-corrected chi connectivity index (χ1v) is 11.6. The summed E-state index contributed by atoms with van der Waals surface area (Å²) in [6.45, 7) is 5.47. The number of nitrogens with one attached hydrogen (secondary N) is 1. The molecule has 2 aliphatic rings. The molecule has 1 aliphatic carbocycles. The summed E-state index contributed by atoms with van der Waals surface area (Å²) in [5, 5.41) is 3.11. The van der Waals surface area contributed by atoms with Gasteiger partial charge in [-0.3, -0.25) is 0 Å². The fourth-order valence-corrected chi connectivity index (χ4v) is 4.54. The van der Waals surface area contributed by atoms with Gasteiger partial charge in [-0.05, 0) is 69.7 Å². The molecule has 1 aromatic heterocycles. The first-order chi connectivity index (χ1) is 16.0. The third-order valence-electron chi connectivity index (χ3n) is 6.17. The number of aromatic nitrogens is 2. The smallest absolute Gasteiger partial charge is 0.255 e. The molecule has 9 heteroatoms. The molecule has 2 atom stereocenters. The molecule has 180 valence electrons. The molecule has 1 saturated carbocycles. The molecule has 2 heterocycles. The van der Waals surface area contributed by atoms with Crippen molar-refractivity contribution in [2.45, 2.75) is 57.8 Å². The SMILES string of the molecule is C[C@@H]1CN(c2ccc(Nc3ncc(F)c(OCC4CCC(OCF)CC4)n3)cc2)C[C@H](C)O1. The van der Waals surface area contributed by atoms with Crippen molar-refractivity contribution in [3.05, 3.63) is 36.3 Å². The van der Waals surface area contributed by atoms with E-state index in [0.29, 0.717) is 6.61 Å². The van der Waals surface area contributed by atoms with Gasteiger partial charge in [0.25, 0.3) is 5.88 Å². The summed E-state index contributed by atoms with van der Waals surface area (Å²) < 4.78 is 43.0. The van der Waals surface area contributed by atoms with E-state index >= 15 is 0 Å². The molecule has 33 heavy (non-hydrogen) atoms. The number of nitrogens with zero attached hydrogens (tertiary/aromatic N) is 3. The van der Waals surface area contributed by atoms with Gasteiger partial charge in [-0.1, -0.05) is 0 Å². The lowest BCUT2D eigenvalue weighted by atomic mass is 9.88. The molecule has 7 nitrogen and oxygen atoms in total. The fraction of sp³-hybridized carbons (Fsp3) is 0.583. The Morgan fingerprint density at radius 3 is 2.45 bits per heavy atom. The Morgan fingerprint density at radius 2 is 1.79 bits per heavy atom. The number of halogens is 2. The van der Waals surface area contributed by atoms with Crippen LogP contribution in [-0.4, -0.2) is 54.8 Å². The predicted molar refractivity (Wildman–Crippen MR) is 122 cm³/mol. The molecule has 0 unspecified atom stereocenters. The number of hydrogen-bond donors (Lipinski definition) is 1. The third-order valence-corrected chi connectivity index (χ3v) is 6.17. The van der Waals surface area contributed by atoms with E-state index in [4.69, 9.17) is 14.2 Å². The van der Waals surface area contributed by atoms with Gasteiger partial charge in [0, 0.05) is 24.5 Å². The second kappa shape index (κ2) is 11.1. The van der Waals surface area contributed by atoms with Crippen LogP contribution >= 0.6 is 0 Å². The maximum Gasteiger partial charge on any atom is 0.255 e. The van der Waals surface area contributed by atoms with E-state index in [9.17, 15) is 8.78 Å². The summed E-state index contributed by atoms with van der Waals surface area (Å²) in [5.41, 5.74) is 1.93. The minimum absolute atomic E-state index is 0.0284. The molecule has 4 rings (SSSR count). The average molecular weight is 463 g/mol. The van der Waals surface area contributed by atoms with Crippen LogP contribution in [-0.2, 0) is 9.47 Å². The lowest BCUT2D eigenvalue weighted by Gasteiger charge is -2.36. The molecule has 2 aromatic rings. The maximum atomic E-state index is 14.2. The van der Waals surface area contributed by atoms with Crippen molar-refractivity contribution >= 4 is 17.3 Å². The zero-order valence-electron chi connectivity index (χ0n) is 19.2. The van der Waals surface area contributed by atoms with Gasteiger partial charge in [0.15, 0.2) is 6.86 Å². The van der Waals surface area contributed by atoms with Crippen molar-refractivity contribution in [1.82, 2.24) is 9.97 Å². The lowest BCUT2D eigenvalue weighted by Crippen LogP contribution is -2.45. The van der Waals surface area contributed by atoms with Crippen molar-refractivity contribution in [1.29, 1.82) is 0 Å². The van der Waals surface area contributed by atoms with Gasteiger partial charge in [0.05, 0.1) is 31.1 Å². The minimum Gasteiger partial charge on any atom is -0.475 e. The third kappa shape index (κ3) is 6.51. The molecule has 1 aromatic carbocycles. The van der Waals surface area contributed by atoms with Crippen LogP contribution in [0.5, 0.6) is 5.88 Å². The first kappa shape index (κ1) is 23.6. The van der Waals surface area contributed by atoms with Crippen LogP contribution in [0.1, 0.15) is 39.5 Å². The number of morpholine rings is 1. The normalized spacial score (nSPS) is 25.6. The van der Waals surface area contributed by atoms with Crippen LogP contribution < -0.4 is 15.0 Å². The summed E-state index contributed by atoms with van der Waals surface area (Å²) in [7, 11) is 0. The summed E-state index contributed by atoms with van der Waals surface area (Å²) >= 11 is 0. The topological polar surface area (TPSA) is 68.7 Å². The number of rotatable bonds is 8. The molecule has 0 radical (unpaired) electrons. The van der Waals surface area contributed by atoms with Crippen molar-refractivity contribution in [3.8, 4) is 5.88 Å². The standard InChI is InChI=1S/C24H32F2N4O3/c1-16-12-30(13-17(2)33-16)20-7-5-19(6-8-20)28-24-27-11-22(26)23(29-24)31-14-18-3-9-21(10-4-18)32-15-25/h5-8,11,16-18,21H,3-4,9-10,12-15H2,1-2H3,(H,27,28,29)/t16-,17+,18?,21?. The highest BCUT2D eigenvalue weighted by atomic mass is 19.1. The average Bonchev–Trinajstić information content (AvgIpc) is 2.80. The Balaban J connectivity index is 1.32. The second-order valence-electron chi connectivity index (χ2n) is 8.91. The van der Waals surface area contributed by atoms with Gasteiger partial charge in [0.1, 0.15) is 0 Å². The predicted octanol–water partition coefficient (Wildman–Crippen LogP) is 4.85. The van der Waals surface area contributed by atoms with Gasteiger partial charge < -0.3 is 24.4 Å². The molecular weight excluding hydrogens is 430 g/mol. The van der Waals surface area contributed by atoms with Crippen LogP contribution in [0, 0.1) is 11.7 Å². The van der Waals surface area contributed by atoms with E-state index in [1.807, 2.05) is 24.3 Å². The Labute approximate surface area is 193 Å². The Hall–Kier alpha value is -2.52. The molecule has 0 amide bonds. The van der Waals surface area contributed by atoms with Crippen LogP contribution in [0.3, 0.4) is 0 Å². The van der Waals surface area contributed by atoms with Crippen LogP contribution in [0.15, 0.2) is 30.5 Å². The van der Waals surface area contributed by atoms with Crippen molar-refractivity contribution in [2.24, 2.45) is 5.92 Å². The number of ether oxygens (including phenoxy) is 3. The van der Waals surface area contributed by atoms with Crippen LogP contribution in [0.2, 0.25) is 0 Å². The summed E-state index contributed by atoms with van der Waals surface area (Å²) in [4.78, 5) is 10.5. The van der Waals surface area contributed by atoms with Gasteiger partial charge in [-0.15, -0.1) is 0 Å². The van der Waals surface area contributed by atoms with E-state index in [1.165, 1.54) is 0 Å². The fourth-order valence-electron chi connectivity index (χ4n) is 4.54. The molecular formula is C24H32F2N4O3. The molecule has 1 saturated heterocycles. The van der Waals surface area contributed by atoms with Gasteiger partial charge in [-0.25, -0.2) is 9.37 Å². The van der Waals surface area contributed by atoms with Gasteiger partial charge >= 0.3 is 0 Å². The van der Waals surface area contributed by atoms with Crippen molar-refractivity contribution in [2.75, 3.05) is 36.8 Å². The van der Waals surface area contributed by atoms with Crippen LogP contribution in [0.25, 0.3) is 0 Å². The van der Waals surface area contributed by atoms with Crippen LogP contribution in [0.4, 0.5) is 26.1 Å². The zero-order chi connectivity index (χ0) is 23.2. The quantitative estimate of drug-likeness (QED) is 0.601. The highest BCUT2D eigenvalue weighted by Crippen LogP contribution is 2.28. The van der Waals surface area contributed by atoms with E-state index in [2.05, 4.69) is 34.0 Å². The monoisotopic (exact) mass is 462 g/mol. The minimum atomic E-state index is -0.748. The van der Waals surface area contributed by atoms with E-state index in [-0.39, 0.29) is 36.1 Å². The molecule has 1 aliphatic heterocycles. The Kier molecular flexibility index (Phi) is 7.93. The number of benzene rings is 1.